The average molecular weight is 557 g/mol. The molecule has 0 aromatic heterocycles. The van der Waals surface area contributed by atoms with E-state index in [1.54, 1.807) is 12.1 Å². The highest BCUT2D eigenvalue weighted by Crippen LogP contribution is 2.32. The smallest absolute Gasteiger partial charge is 0.246 e. The standard InChI is InChI=1S/C24H33FN4O6S2/c1-34-23-8-7-20(36(30,31)26-9-4-10-27-15-17-35-18-16-27)19-22(23)28-11-13-29(14-12-28)37(32,33)24-6-3-2-5-21(24)25/h2-3,5-8,19,26H,4,9-18H2,1H3. The summed E-state index contributed by atoms with van der Waals surface area (Å²) in [6, 6.07) is 9.94. The minimum atomic E-state index is -3.98. The van der Waals surface area contributed by atoms with Crippen molar-refractivity contribution in [3.8, 4) is 5.75 Å². The van der Waals surface area contributed by atoms with Gasteiger partial charge in [0.25, 0.3) is 0 Å². The van der Waals surface area contributed by atoms with Crippen LogP contribution in [0.1, 0.15) is 6.42 Å². The van der Waals surface area contributed by atoms with E-state index in [4.69, 9.17) is 9.47 Å². The number of ether oxygens (including phenoxy) is 2. The van der Waals surface area contributed by atoms with Crippen LogP contribution >= 0.6 is 0 Å². The monoisotopic (exact) mass is 556 g/mol. The van der Waals surface area contributed by atoms with E-state index < -0.39 is 25.9 Å². The molecule has 10 nitrogen and oxygen atoms in total. The first-order valence-corrected chi connectivity index (χ1v) is 15.1. The molecule has 0 atom stereocenters. The summed E-state index contributed by atoms with van der Waals surface area (Å²) in [5.74, 6) is -0.307. The van der Waals surface area contributed by atoms with Crippen molar-refractivity contribution in [3.05, 3.63) is 48.3 Å². The molecule has 0 spiro atoms. The molecule has 37 heavy (non-hydrogen) atoms. The highest BCUT2D eigenvalue weighted by molar-refractivity contribution is 7.89. The molecule has 0 unspecified atom stereocenters. The van der Waals surface area contributed by atoms with Crippen molar-refractivity contribution in [2.75, 3.05) is 77.6 Å². The number of rotatable bonds is 10. The van der Waals surface area contributed by atoms with E-state index in [9.17, 15) is 21.2 Å². The van der Waals surface area contributed by atoms with Gasteiger partial charge in [0, 0.05) is 45.8 Å². The maximum Gasteiger partial charge on any atom is 0.246 e. The fourth-order valence-electron chi connectivity index (χ4n) is 4.46. The molecule has 2 heterocycles. The van der Waals surface area contributed by atoms with Crippen molar-refractivity contribution in [2.24, 2.45) is 0 Å². The fourth-order valence-corrected chi connectivity index (χ4v) is 7.04. The maximum atomic E-state index is 14.1. The van der Waals surface area contributed by atoms with Crippen LogP contribution in [0.5, 0.6) is 5.75 Å². The number of benzene rings is 2. The van der Waals surface area contributed by atoms with E-state index in [-0.39, 0.29) is 22.9 Å². The van der Waals surface area contributed by atoms with Gasteiger partial charge >= 0.3 is 0 Å². The minimum absolute atomic E-state index is 0.107. The van der Waals surface area contributed by atoms with Gasteiger partial charge in [-0.1, -0.05) is 12.1 Å². The van der Waals surface area contributed by atoms with E-state index in [0.29, 0.717) is 50.7 Å². The normalized spacial score (nSPS) is 18.2. The topological polar surface area (TPSA) is 108 Å². The van der Waals surface area contributed by atoms with Crippen molar-refractivity contribution < 1.29 is 30.7 Å². The summed E-state index contributed by atoms with van der Waals surface area (Å²) in [6.07, 6.45) is 0.681. The Morgan fingerprint density at radius 1 is 0.973 bits per heavy atom. The zero-order valence-corrected chi connectivity index (χ0v) is 22.4. The van der Waals surface area contributed by atoms with Gasteiger partial charge in [-0.2, -0.15) is 4.31 Å². The van der Waals surface area contributed by atoms with Crippen molar-refractivity contribution >= 4 is 25.7 Å². The van der Waals surface area contributed by atoms with Crippen molar-refractivity contribution in [3.63, 3.8) is 0 Å². The maximum absolute atomic E-state index is 14.1. The van der Waals surface area contributed by atoms with Gasteiger partial charge in [-0.15, -0.1) is 0 Å². The number of morpholine rings is 1. The van der Waals surface area contributed by atoms with Crippen molar-refractivity contribution in [1.82, 2.24) is 13.9 Å². The summed E-state index contributed by atoms with van der Waals surface area (Å²) in [4.78, 5) is 3.88. The molecular formula is C24H33FN4O6S2. The molecule has 13 heteroatoms. The number of nitrogens with zero attached hydrogens (tertiary/aromatic N) is 3. The molecule has 2 saturated heterocycles. The van der Waals surface area contributed by atoms with Crippen LogP contribution in [0.3, 0.4) is 0 Å². The van der Waals surface area contributed by atoms with Crippen LogP contribution in [0.2, 0.25) is 0 Å². The number of halogens is 1. The molecular weight excluding hydrogens is 523 g/mol. The summed E-state index contributed by atoms with van der Waals surface area (Å²) in [5, 5.41) is 0. The van der Waals surface area contributed by atoms with Gasteiger partial charge in [-0.05, 0) is 43.3 Å². The SMILES string of the molecule is COc1ccc(S(=O)(=O)NCCCN2CCOCC2)cc1N1CCN(S(=O)(=O)c2ccccc2F)CC1. The van der Waals surface area contributed by atoms with E-state index in [1.165, 1.54) is 35.7 Å². The van der Waals surface area contributed by atoms with Gasteiger partial charge in [0.05, 0.1) is 30.9 Å². The zero-order valence-electron chi connectivity index (χ0n) is 20.8. The van der Waals surface area contributed by atoms with E-state index >= 15 is 0 Å². The molecule has 0 radical (unpaired) electrons. The number of sulfonamides is 2. The summed E-state index contributed by atoms with van der Waals surface area (Å²) < 4.78 is 80.6. The highest BCUT2D eigenvalue weighted by atomic mass is 32.2. The largest absolute Gasteiger partial charge is 0.495 e. The number of piperazine rings is 1. The fraction of sp³-hybridized carbons (Fsp3) is 0.500. The Morgan fingerprint density at radius 3 is 2.35 bits per heavy atom. The van der Waals surface area contributed by atoms with Crippen LogP contribution < -0.4 is 14.4 Å². The molecule has 2 aliphatic heterocycles. The van der Waals surface area contributed by atoms with Gasteiger partial charge in [0.15, 0.2) is 0 Å². The second-order valence-corrected chi connectivity index (χ2v) is 12.5. The molecule has 2 aromatic carbocycles. The first kappa shape index (κ1) is 27.7. The summed E-state index contributed by atoms with van der Waals surface area (Å²) in [5.41, 5.74) is 0.557. The third-order valence-corrected chi connectivity index (χ3v) is 9.93. The van der Waals surface area contributed by atoms with E-state index in [1.807, 2.05) is 4.90 Å². The second kappa shape index (κ2) is 12.0. The van der Waals surface area contributed by atoms with Crippen molar-refractivity contribution in [1.29, 1.82) is 0 Å². The second-order valence-electron chi connectivity index (χ2n) is 8.86. The van der Waals surface area contributed by atoms with E-state index in [0.717, 1.165) is 25.7 Å². The molecule has 2 fully saturated rings. The third-order valence-electron chi connectivity index (χ3n) is 6.54. The Morgan fingerprint density at radius 2 is 1.68 bits per heavy atom. The quantitative estimate of drug-likeness (QED) is 0.437. The Labute approximate surface area is 218 Å². The number of hydrogen-bond donors (Lipinski definition) is 1. The third kappa shape index (κ3) is 6.59. The van der Waals surface area contributed by atoms with Crippen LogP contribution in [0.15, 0.2) is 52.3 Å². The molecule has 0 bridgehead atoms. The first-order valence-electron chi connectivity index (χ1n) is 12.2. The Balaban J connectivity index is 1.41. The highest BCUT2D eigenvalue weighted by Gasteiger charge is 2.31. The van der Waals surface area contributed by atoms with Gasteiger partial charge in [0.2, 0.25) is 20.0 Å². The lowest BCUT2D eigenvalue weighted by Crippen LogP contribution is -2.49. The Bertz CT molecular complexity index is 1280. The summed E-state index contributed by atoms with van der Waals surface area (Å²) >= 11 is 0. The van der Waals surface area contributed by atoms with Crippen LogP contribution in [0, 0.1) is 5.82 Å². The van der Waals surface area contributed by atoms with Crippen LogP contribution in [0.25, 0.3) is 0 Å². The average Bonchev–Trinajstić information content (AvgIpc) is 2.91. The van der Waals surface area contributed by atoms with Crippen LogP contribution in [0.4, 0.5) is 10.1 Å². The predicted octanol–water partition coefficient (Wildman–Crippen LogP) is 1.35. The van der Waals surface area contributed by atoms with Crippen molar-refractivity contribution in [2.45, 2.75) is 16.2 Å². The van der Waals surface area contributed by atoms with E-state index in [2.05, 4.69) is 9.62 Å². The summed E-state index contributed by atoms with van der Waals surface area (Å²) in [6.45, 7) is 5.03. The lowest BCUT2D eigenvalue weighted by atomic mass is 10.2. The first-order chi connectivity index (χ1) is 17.7. The molecule has 0 aliphatic carbocycles. The lowest BCUT2D eigenvalue weighted by Gasteiger charge is -2.36. The summed E-state index contributed by atoms with van der Waals surface area (Å²) in [7, 11) is -6.23. The van der Waals surface area contributed by atoms with Gasteiger partial charge in [-0.25, -0.2) is 25.9 Å². The minimum Gasteiger partial charge on any atom is -0.495 e. The molecule has 1 N–H and O–H groups in total. The molecule has 4 rings (SSSR count). The molecule has 0 amide bonds. The van der Waals surface area contributed by atoms with Gasteiger partial charge in [0.1, 0.15) is 16.5 Å². The predicted molar refractivity (Wildman–Crippen MR) is 137 cm³/mol. The zero-order chi connectivity index (χ0) is 26.5. The van der Waals surface area contributed by atoms with Gasteiger partial charge in [-0.3, -0.25) is 4.90 Å². The number of anilines is 1. The number of methoxy groups -OCH3 is 1. The number of nitrogens with one attached hydrogen (secondary N) is 1. The molecule has 0 saturated carbocycles. The molecule has 204 valence electrons. The Kier molecular flexibility index (Phi) is 9.03. The van der Waals surface area contributed by atoms with Crippen LogP contribution in [-0.4, -0.2) is 98.7 Å². The molecule has 2 aromatic rings. The lowest BCUT2D eigenvalue weighted by molar-refractivity contribution is 0.0376. The van der Waals surface area contributed by atoms with Crippen LogP contribution in [-0.2, 0) is 24.8 Å². The Hall–Kier alpha value is -2.29. The van der Waals surface area contributed by atoms with Gasteiger partial charge < -0.3 is 14.4 Å². The number of hydrogen-bond acceptors (Lipinski definition) is 8. The molecule has 2 aliphatic rings.